The van der Waals surface area contributed by atoms with Crippen molar-refractivity contribution in [2.45, 2.75) is 25.7 Å². The fraction of sp³-hybridized carbons (Fsp3) is 0.636. The summed E-state index contributed by atoms with van der Waals surface area (Å²) >= 11 is 0. The van der Waals surface area contributed by atoms with Crippen molar-refractivity contribution in [2.75, 3.05) is 14.2 Å². The lowest BCUT2D eigenvalue weighted by Crippen LogP contribution is -2.14. The number of rotatable bonds is 3. The summed E-state index contributed by atoms with van der Waals surface area (Å²) in [6.45, 7) is 0. The first-order valence-electron chi connectivity index (χ1n) is 5.07. The summed E-state index contributed by atoms with van der Waals surface area (Å²) in [4.78, 5) is 22.5. The van der Waals surface area contributed by atoms with E-state index < -0.39 is 11.9 Å². The molecule has 0 saturated heterocycles. The van der Waals surface area contributed by atoms with Gasteiger partial charge in [0.25, 0.3) is 0 Å². The maximum absolute atomic E-state index is 11.5. The Kier molecular flexibility index (Phi) is 4.34. The summed E-state index contributed by atoms with van der Waals surface area (Å²) < 4.78 is 9.17. The van der Waals surface area contributed by atoms with Crippen molar-refractivity contribution in [3.8, 4) is 0 Å². The van der Waals surface area contributed by atoms with Crippen LogP contribution >= 0.6 is 0 Å². The van der Waals surface area contributed by atoms with Crippen LogP contribution in [0.4, 0.5) is 0 Å². The standard InChI is InChI=1S/C11H16O4/c1-14-10(12)7-9(11(13)15-2)8-5-3-4-6-8/h7-8H,3-6H2,1-2H3. The van der Waals surface area contributed by atoms with Gasteiger partial charge >= 0.3 is 11.9 Å². The van der Waals surface area contributed by atoms with E-state index in [-0.39, 0.29) is 5.92 Å². The van der Waals surface area contributed by atoms with Crippen molar-refractivity contribution in [1.29, 1.82) is 0 Å². The van der Waals surface area contributed by atoms with Crippen LogP contribution in [-0.2, 0) is 19.1 Å². The Labute approximate surface area is 89.2 Å². The minimum atomic E-state index is -0.498. The van der Waals surface area contributed by atoms with Crippen molar-refractivity contribution in [3.63, 3.8) is 0 Å². The topological polar surface area (TPSA) is 52.6 Å². The van der Waals surface area contributed by atoms with E-state index in [0.29, 0.717) is 5.57 Å². The van der Waals surface area contributed by atoms with E-state index in [0.717, 1.165) is 25.7 Å². The summed E-state index contributed by atoms with van der Waals surface area (Å²) in [5, 5.41) is 0. The van der Waals surface area contributed by atoms with E-state index in [2.05, 4.69) is 9.47 Å². The Morgan fingerprint density at radius 2 is 1.73 bits per heavy atom. The molecule has 0 aromatic heterocycles. The van der Waals surface area contributed by atoms with Gasteiger partial charge in [0.2, 0.25) is 0 Å². The van der Waals surface area contributed by atoms with E-state index in [1.807, 2.05) is 0 Å². The van der Waals surface area contributed by atoms with E-state index in [9.17, 15) is 9.59 Å². The normalized spacial score (nSPS) is 17.6. The molecule has 0 aromatic rings. The highest BCUT2D eigenvalue weighted by molar-refractivity contribution is 5.96. The molecule has 0 heterocycles. The second-order valence-electron chi connectivity index (χ2n) is 3.60. The Hall–Kier alpha value is -1.32. The summed E-state index contributed by atoms with van der Waals surface area (Å²) in [5.74, 6) is -0.772. The Morgan fingerprint density at radius 1 is 1.13 bits per heavy atom. The largest absolute Gasteiger partial charge is 0.466 e. The fourth-order valence-corrected chi connectivity index (χ4v) is 1.88. The molecule has 0 aliphatic heterocycles. The molecular weight excluding hydrogens is 196 g/mol. The van der Waals surface area contributed by atoms with Gasteiger partial charge in [-0.3, -0.25) is 0 Å². The van der Waals surface area contributed by atoms with Crippen LogP contribution in [0.25, 0.3) is 0 Å². The van der Waals surface area contributed by atoms with Crippen LogP contribution in [0.15, 0.2) is 11.6 Å². The Morgan fingerprint density at radius 3 is 2.20 bits per heavy atom. The van der Waals surface area contributed by atoms with E-state index in [1.54, 1.807) is 0 Å². The maximum atomic E-state index is 11.5. The minimum Gasteiger partial charge on any atom is -0.466 e. The Balaban J connectivity index is 2.81. The van der Waals surface area contributed by atoms with Crippen LogP contribution in [0, 0.1) is 5.92 Å². The monoisotopic (exact) mass is 212 g/mol. The predicted octanol–water partition coefficient (Wildman–Crippen LogP) is 1.45. The molecule has 15 heavy (non-hydrogen) atoms. The van der Waals surface area contributed by atoms with Gasteiger partial charge in [0.1, 0.15) is 0 Å². The third-order valence-corrected chi connectivity index (χ3v) is 2.69. The molecule has 0 bridgehead atoms. The van der Waals surface area contributed by atoms with Crippen molar-refractivity contribution in [3.05, 3.63) is 11.6 Å². The molecule has 4 heteroatoms. The zero-order valence-corrected chi connectivity index (χ0v) is 9.12. The summed E-state index contributed by atoms with van der Waals surface area (Å²) in [5.41, 5.74) is 0.446. The first kappa shape index (κ1) is 11.8. The number of ether oxygens (including phenoxy) is 2. The van der Waals surface area contributed by atoms with Crippen molar-refractivity contribution in [2.24, 2.45) is 5.92 Å². The molecule has 0 spiro atoms. The quantitative estimate of drug-likeness (QED) is 0.525. The van der Waals surface area contributed by atoms with E-state index >= 15 is 0 Å². The minimum absolute atomic E-state index is 0.150. The van der Waals surface area contributed by atoms with Crippen molar-refractivity contribution in [1.82, 2.24) is 0 Å². The summed E-state index contributed by atoms with van der Waals surface area (Å²) in [7, 11) is 2.62. The maximum Gasteiger partial charge on any atom is 0.334 e. The zero-order chi connectivity index (χ0) is 11.3. The molecule has 0 N–H and O–H groups in total. The van der Waals surface area contributed by atoms with Gasteiger partial charge in [-0.1, -0.05) is 12.8 Å². The van der Waals surface area contributed by atoms with Crippen LogP contribution in [0.5, 0.6) is 0 Å². The first-order valence-corrected chi connectivity index (χ1v) is 5.07. The van der Waals surface area contributed by atoms with Crippen LogP contribution in [-0.4, -0.2) is 26.2 Å². The van der Waals surface area contributed by atoms with Gasteiger partial charge in [-0.05, 0) is 18.8 Å². The molecule has 1 fully saturated rings. The molecule has 0 radical (unpaired) electrons. The summed E-state index contributed by atoms with van der Waals surface area (Å²) in [6.07, 6.45) is 5.33. The lowest BCUT2D eigenvalue weighted by Gasteiger charge is -2.11. The van der Waals surface area contributed by atoms with Crippen LogP contribution in [0.3, 0.4) is 0 Å². The second kappa shape index (κ2) is 5.53. The van der Waals surface area contributed by atoms with Crippen LogP contribution in [0.2, 0.25) is 0 Å². The van der Waals surface area contributed by atoms with E-state index in [1.165, 1.54) is 20.3 Å². The molecule has 4 nitrogen and oxygen atoms in total. The second-order valence-corrected chi connectivity index (χ2v) is 3.60. The highest BCUT2D eigenvalue weighted by Crippen LogP contribution is 2.31. The molecule has 0 aromatic carbocycles. The molecule has 1 aliphatic rings. The highest BCUT2D eigenvalue weighted by Gasteiger charge is 2.25. The molecular formula is C11H16O4. The van der Waals surface area contributed by atoms with Crippen molar-refractivity contribution >= 4 is 11.9 Å². The number of carbonyl (C=O) groups excluding carboxylic acids is 2. The van der Waals surface area contributed by atoms with Gasteiger partial charge in [0, 0.05) is 11.6 Å². The van der Waals surface area contributed by atoms with Gasteiger partial charge < -0.3 is 9.47 Å². The highest BCUT2D eigenvalue weighted by atomic mass is 16.5. The third-order valence-electron chi connectivity index (χ3n) is 2.69. The summed E-state index contributed by atoms with van der Waals surface area (Å²) in [6, 6.07) is 0. The zero-order valence-electron chi connectivity index (χ0n) is 9.12. The van der Waals surface area contributed by atoms with Gasteiger partial charge in [-0.15, -0.1) is 0 Å². The van der Waals surface area contributed by atoms with Gasteiger partial charge in [0.15, 0.2) is 0 Å². The van der Waals surface area contributed by atoms with Gasteiger partial charge in [-0.25, -0.2) is 9.59 Å². The molecule has 1 aliphatic carbocycles. The van der Waals surface area contributed by atoms with Gasteiger partial charge in [0.05, 0.1) is 14.2 Å². The lowest BCUT2D eigenvalue weighted by atomic mass is 9.97. The Bertz CT molecular complexity index is 274. The first-order chi connectivity index (χ1) is 7.19. The SMILES string of the molecule is COC(=O)C=C(C(=O)OC)C1CCCC1. The molecule has 84 valence electrons. The third kappa shape index (κ3) is 3.08. The predicted molar refractivity (Wildman–Crippen MR) is 54.1 cm³/mol. The van der Waals surface area contributed by atoms with Crippen LogP contribution in [0.1, 0.15) is 25.7 Å². The molecule has 1 rings (SSSR count). The number of hydrogen-bond acceptors (Lipinski definition) is 4. The van der Waals surface area contributed by atoms with Crippen LogP contribution < -0.4 is 0 Å². The molecule has 0 amide bonds. The van der Waals surface area contributed by atoms with E-state index in [4.69, 9.17) is 0 Å². The molecule has 0 atom stereocenters. The van der Waals surface area contributed by atoms with Crippen molar-refractivity contribution < 1.29 is 19.1 Å². The number of carbonyl (C=O) groups is 2. The fourth-order valence-electron chi connectivity index (χ4n) is 1.88. The average molecular weight is 212 g/mol. The molecule has 1 saturated carbocycles. The smallest absolute Gasteiger partial charge is 0.334 e. The number of hydrogen-bond donors (Lipinski definition) is 0. The number of methoxy groups -OCH3 is 2. The average Bonchev–Trinajstić information content (AvgIpc) is 2.77. The molecule has 0 unspecified atom stereocenters. The lowest BCUT2D eigenvalue weighted by molar-refractivity contribution is -0.139. The van der Waals surface area contributed by atoms with Gasteiger partial charge in [-0.2, -0.15) is 0 Å². The number of esters is 2.